The Morgan fingerprint density at radius 2 is 1.47 bits per heavy atom. The van der Waals surface area contributed by atoms with Crippen LogP contribution in [0.1, 0.15) is 110 Å². The molecule has 184 valence electrons. The predicted molar refractivity (Wildman–Crippen MR) is 127 cm³/mol. The molecule has 0 aromatic carbocycles. The van der Waals surface area contributed by atoms with Crippen LogP contribution < -0.4 is 62.2 Å². The van der Waals surface area contributed by atoms with E-state index in [1.165, 1.54) is 64.2 Å². The smallest absolute Gasteiger partial charge is 0.550 e. The van der Waals surface area contributed by atoms with Gasteiger partial charge < -0.3 is 25.6 Å². The van der Waals surface area contributed by atoms with Crippen molar-refractivity contribution in [2.24, 2.45) is 5.73 Å². The minimum Gasteiger partial charge on any atom is -0.550 e. The molecular formula is C25H49KN2O4. The van der Waals surface area contributed by atoms with Gasteiger partial charge in [0, 0.05) is 32.5 Å². The van der Waals surface area contributed by atoms with Gasteiger partial charge in [0.25, 0.3) is 0 Å². The summed E-state index contributed by atoms with van der Waals surface area (Å²) >= 11 is 0. The Bertz CT molecular complexity index is 432. The molecule has 32 heavy (non-hydrogen) atoms. The van der Waals surface area contributed by atoms with Gasteiger partial charge in [0.15, 0.2) is 0 Å². The first kappa shape index (κ1) is 36.8. The first-order chi connectivity index (χ1) is 15.0. The molecule has 0 saturated carbocycles. The van der Waals surface area contributed by atoms with E-state index in [1.54, 1.807) is 4.90 Å². The number of amides is 1. The Morgan fingerprint density at radius 3 is 1.81 bits per heavy atom. The van der Waals surface area contributed by atoms with Crippen LogP contribution in [0.4, 0.5) is 0 Å². The minimum atomic E-state index is -0.914. The molecule has 0 aliphatic carbocycles. The van der Waals surface area contributed by atoms with E-state index in [0.717, 1.165) is 38.6 Å². The third-order valence-corrected chi connectivity index (χ3v) is 5.08. The van der Waals surface area contributed by atoms with E-state index < -0.39 is 5.97 Å². The predicted octanol–water partition coefficient (Wildman–Crippen LogP) is 0.954. The molecule has 0 radical (unpaired) electrons. The van der Waals surface area contributed by atoms with Gasteiger partial charge in [-0.15, -0.1) is 0 Å². The van der Waals surface area contributed by atoms with Crippen molar-refractivity contribution in [2.45, 2.75) is 110 Å². The zero-order valence-electron chi connectivity index (χ0n) is 21.3. The van der Waals surface area contributed by atoms with E-state index >= 15 is 0 Å². The molecule has 0 spiro atoms. The van der Waals surface area contributed by atoms with Crippen LogP contribution in [0.15, 0.2) is 12.2 Å². The van der Waals surface area contributed by atoms with Crippen LogP contribution >= 0.6 is 0 Å². The maximum absolute atomic E-state index is 10.5. The maximum atomic E-state index is 10.5. The zero-order chi connectivity index (χ0) is 23.6. The Morgan fingerprint density at radius 1 is 1.00 bits per heavy atom. The van der Waals surface area contributed by atoms with Gasteiger partial charge in [-0.25, -0.2) is 0 Å². The Hall–Kier alpha value is 0.236. The molecular weight excluding hydrogens is 431 g/mol. The zero-order valence-corrected chi connectivity index (χ0v) is 24.4. The monoisotopic (exact) mass is 480 g/mol. The summed E-state index contributed by atoms with van der Waals surface area (Å²) in [7, 11) is 1.84. The second-order valence-electron chi connectivity index (χ2n) is 8.14. The number of carbonyl (C=O) groups is 2. The summed E-state index contributed by atoms with van der Waals surface area (Å²) in [6.45, 7) is 3.69. The van der Waals surface area contributed by atoms with E-state index in [2.05, 4.69) is 19.1 Å². The topological polar surface area (TPSA) is 107 Å². The summed E-state index contributed by atoms with van der Waals surface area (Å²) in [6, 6.07) is 0. The number of allylic oxidation sites excluding steroid dienone is 2. The minimum absolute atomic E-state index is 0. The van der Waals surface area contributed by atoms with Crippen LogP contribution in [0.25, 0.3) is 0 Å². The molecule has 0 aromatic rings. The molecule has 1 heterocycles. The number of hydrogen-bond acceptors (Lipinski definition) is 5. The number of nitrogens with zero attached hydrogens (tertiary/aromatic N) is 1. The molecule has 6 nitrogen and oxygen atoms in total. The first-order valence-electron chi connectivity index (χ1n) is 12.4. The van der Waals surface area contributed by atoms with E-state index in [-0.39, 0.29) is 64.4 Å². The van der Waals surface area contributed by atoms with Crippen molar-refractivity contribution in [3.63, 3.8) is 0 Å². The number of rotatable bonds is 16. The average molecular weight is 481 g/mol. The number of aliphatic carboxylic acids is 1. The van der Waals surface area contributed by atoms with Crippen molar-refractivity contribution < 1.29 is 71.2 Å². The van der Waals surface area contributed by atoms with Gasteiger partial charge in [-0.2, -0.15) is 0 Å². The second kappa shape index (κ2) is 31.2. The molecule has 0 unspecified atom stereocenters. The fourth-order valence-electron chi connectivity index (χ4n) is 3.12. The summed E-state index contributed by atoms with van der Waals surface area (Å²) in [5, 5.41) is 18.0. The number of unbranched alkanes of at least 4 members (excludes halogenated alkanes) is 11. The molecule has 1 aliphatic heterocycles. The molecule has 0 atom stereocenters. The van der Waals surface area contributed by atoms with Gasteiger partial charge >= 0.3 is 51.4 Å². The van der Waals surface area contributed by atoms with E-state index in [1.807, 2.05) is 7.05 Å². The number of nitrogens with two attached hydrogens (primary N) is 1. The van der Waals surface area contributed by atoms with Crippen LogP contribution in [-0.4, -0.2) is 48.6 Å². The SMILES string of the molecule is CCCCCCCC/C=C\CCCCCCCC(=O)[O-].CN1CCCC1=O.NCCO.[K+]. The number of carboxylic acids is 1. The van der Waals surface area contributed by atoms with Crippen LogP contribution in [0.3, 0.4) is 0 Å². The summed E-state index contributed by atoms with van der Waals surface area (Å²) in [4.78, 5) is 22.5. The first-order valence-corrected chi connectivity index (χ1v) is 12.4. The van der Waals surface area contributed by atoms with E-state index in [9.17, 15) is 14.7 Å². The molecule has 0 bridgehead atoms. The van der Waals surface area contributed by atoms with Gasteiger partial charge in [-0.05, 0) is 44.9 Å². The van der Waals surface area contributed by atoms with Gasteiger partial charge in [0.1, 0.15) is 0 Å². The van der Waals surface area contributed by atoms with Gasteiger partial charge in [-0.3, -0.25) is 4.79 Å². The molecule has 3 N–H and O–H groups in total. The molecule has 1 aliphatic rings. The third kappa shape index (κ3) is 32.4. The van der Waals surface area contributed by atoms with Gasteiger partial charge in [0.05, 0.1) is 6.61 Å². The summed E-state index contributed by atoms with van der Waals surface area (Å²) in [5.74, 6) is -0.623. The maximum Gasteiger partial charge on any atom is 1.00 e. The summed E-state index contributed by atoms with van der Waals surface area (Å²) < 4.78 is 0. The van der Waals surface area contributed by atoms with Gasteiger partial charge in [-0.1, -0.05) is 70.4 Å². The largest absolute Gasteiger partial charge is 1.00 e. The molecule has 1 amide bonds. The fraction of sp³-hybridized carbons (Fsp3) is 0.840. The Balaban J connectivity index is -0.000000571. The quantitative estimate of drug-likeness (QED) is 0.194. The number of aliphatic hydroxyl groups excluding tert-OH is 1. The Kier molecular flexibility index (Phi) is 35.9. The van der Waals surface area contributed by atoms with Crippen LogP contribution in [-0.2, 0) is 9.59 Å². The Labute approximate surface area is 240 Å². The van der Waals surface area contributed by atoms with Crippen molar-refractivity contribution in [1.29, 1.82) is 0 Å². The molecule has 1 saturated heterocycles. The molecule has 7 heteroatoms. The van der Waals surface area contributed by atoms with Crippen molar-refractivity contribution >= 4 is 11.9 Å². The number of hydrogen-bond donors (Lipinski definition) is 2. The standard InChI is InChI=1S/C18H34O2.C5H9NO.C2H7NO.K/c1-2-3-4-5-6-7-8-9-10-11-12-13-14-15-16-17-18(19)20;1-6-4-2-3-5(6)7;3-1-2-4;/h9-10H,2-8,11-17H2,1H3,(H,19,20);2-4H2,1H3;4H,1-3H2;/q;;;+1/p-1/b10-9-;;;. The van der Waals surface area contributed by atoms with E-state index in [4.69, 9.17) is 10.8 Å². The van der Waals surface area contributed by atoms with Crippen molar-refractivity contribution in [2.75, 3.05) is 26.7 Å². The number of aliphatic hydroxyl groups is 1. The third-order valence-electron chi connectivity index (χ3n) is 5.08. The molecule has 0 aromatic heterocycles. The number of carboxylic acid groups (broad SMARTS) is 1. The van der Waals surface area contributed by atoms with E-state index in [0.29, 0.717) is 12.5 Å². The van der Waals surface area contributed by atoms with Crippen LogP contribution in [0, 0.1) is 0 Å². The van der Waals surface area contributed by atoms with Crippen LogP contribution in [0.5, 0.6) is 0 Å². The van der Waals surface area contributed by atoms with Crippen LogP contribution in [0.2, 0.25) is 0 Å². The van der Waals surface area contributed by atoms with Crippen molar-refractivity contribution in [3.05, 3.63) is 12.2 Å². The number of likely N-dealkylation sites (tertiary alicyclic amines) is 1. The van der Waals surface area contributed by atoms with Gasteiger partial charge in [0.2, 0.25) is 5.91 Å². The van der Waals surface area contributed by atoms with Crippen molar-refractivity contribution in [1.82, 2.24) is 4.90 Å². The van der Waals surface area contributed by atoms with Crippen molar-refractivity contribution in [3.8, 4) is 0 Å². The number of carbonyl (C=O) groups excluding carboxylic acids is 2. The normalized spacial score (nSPS) is 12.6. The molecule has 1 fully saturated rings. The summed E-state index contributed by atoms with van der Waals surface area (Å²) in [5.41, 5.74) is 4.78. The summed E-state index contributed by atoms with van der Waals surface area (Å²) in [6.07, 6.45) is 22.7. The second-order valence-corrected chi connectivity index (χ2v) is 8.14. The fourth-order valence-corrected chi connectivity index (χ4v) is 3.12. The average Bonchev–Trinajstić information content (AvgIpc) is 3.13. The molecule has 1 rings (SSSR count).